The van der Waals surface area contributed by atoms with E-state index in [-0.39, 0.29) is 11.6 Å². The molecular weight excluding hydrogens is 238 g/mol. The molecule has 0 spiro atoms. The van der Waals surface area contributed by atoms with Crippen LogP contribution in [0.1, 0.15) is 51.6 Å². The van der Waals surface area contributed by atoms with Crippen LogP contribution in [-0.4, -0.2) is 18.3 Å². The molecule has 0 aromatic heterocycles. The van der Waals surface area contributed by atoms with Crippen LogP contribution in [0.3, 0.4) is 0 Å². The number of benzene rings is 1. The average Bonchev–Trinajstić information content (AvgIpc) is 3.22. The average molecular weight is 263 g/mol. The van der Waals surface area contributed by atoms with Gasteiger partial charge in [-0.15, -0.1) is 0 Å². The van der Waals surface area contributed by atoms with Crippen molar-refractivity contribution in [2.45, 2.75) is 57.8 Å². The molecule has 1 aliphatic carbocycles. The predicted octanol–water partition coefficient (Wildman–Crippen LogP) is 3.43. The van der Waals surface area contributed by atoms with Crippen molar-refractivity contribution >= 4 is 0 Å². The highest BCUT2D eigenvalue weighted by atomic mass is 16.5. The van der Waals surface area contributed by atoms with Crippen molar-refractivity contribution in [1.29, 1.82) is 0 Å². The zero-order chi connectivity index (χ0) is 13.9. The molecule has 1 aromatic carbocycles. The molecule has 0 heterocycles. The lowest BCUT2D eigenvalue weighted by Gasteiger charge is -2.34. The van der Waals surface area contributed by atoms with Gasteiger partial charge in [0.05, 0.1) is 17.7 Å². The van der Waals surface area contributed by atoms with E-state index in [0.29, 0.717) is 12.7 Å². The van der Waals surface area contributed by atoms with E-state index in [1.54, 1.807) is 0 Å². The molecule has 0 aliphatic heterocycles. The number of nitrogens with two attached hydrogens (primary N) is 1. The number of ether oxygens (including phenoxy) is 2. The Bertz CT molecular complexity index is 417. The summed E-state index contributed by atoms with van der Waals surface area (Å²) in [7, 11) is 0. The van der Waals surface area contributed by atoms with E-state index in [4.69, 9.17) is 15.2 Å². The molecule has 2 atom stereocenters. The Kier molecular flexibility index (Phi) is 4.48. The van der Waals surface area contributed by atoms with Crippen molar-refractivity contribution in [3.05, 3.63) is 29.8 Å². The quantitative estimate of drug-likeness (QED) is 0.819. The summed E-state index contributed by atoms with van der Waals surface area (Å²) >= 11 is 0. The van der Waals surface area contributed by atoms with Gasteiger partial charge in [-0.05, 0) is 50.8 Å². The summed E-state index contributed by atoms with van der Waals surface area (Å²) in [5.41, 5.74) is 7.16. The maximum Gasteiger partial charge on any atom is 0.120 e. The highest BCUT2D eigenvalue weighted by molar-refractivity contribution is 5.32. The minimum atomic E-state index is -0.326. The van der Waals surface area contributed by atoms with E-state index in [2.05, 4.69) is 26.0 Å². The summed E-state index contributed by atoms with van der Waals surface area (Å²) in [5.74, 6) is 0.922. The normalized spacial score (nSPS) is 19.8. The third-order valence-electron chi connectivity index (χ3n) is 3.88. The highest BCUT2D eigenvalue weighted by Crippen LogP contribution is 2.33. The van der Waals surface area contributed by atoms with Crippen molar-refractivity contribution in [3.63, 3.8) is 0 Å². The second-order valence-electron chi connectivity index (χ2n) is 5.47. The standard InChI is InChI=1S/C16H25NO2/c1-4-16(3,18-5-2)15(17)12-7-6-8-14(11-12)19-13-9-10-13/h6-8,11,13,15H,4-5,9-10,17H2,1-3H3. The highest BCUT2D eigenvalue weighted by Gasteiger charge is 2.32. The lowest BCUT2D eigenvalue weighted by atomic mass is 9.88. The molecule has 0 amide bonds. The van der Waals surface area contributed by atoms with E-state index >= 15 is 0 Å². The third kappa shape index (κ3) is 3.48. The zero-order valence-electron chi connectivity index (χ0n) is 12.2. The van der Waals surface area contributed by atoms with Crippen LogP contribution in [0.2, 0.25) is 0 Å². The van der Waals surface area contributed by atoms with Crippen LogP contribution < -0.4 is 10.5 Å². The molecule has 1 aromatic rings. The van der Waals surface area contributed by atoms with Gasteiger partial charge in [0, 0.05) is 6.61 Å². The summed E-state index contributed by atoms with van der Waals surface area (Å²) in [6.07, 6.45) is 3.63. The summed E-state index contributed by atoms with van der Waals surface area (Å²) < 4.78 is 11.7. The Labute approximate surface area is 116 Å². The van der Waals surface area contributed by atoms with E-state index in [1.807, 2.05) is 19.1 Å². The van der Waals surface area contributed by atoms with Crippen molar-refractivity contribution in [1.82, 2.24) is 0 Å². The Morgan fingerprint density at radius 1 is 1.37 bits per heavy atom. The Hall–Kier alpha value is -1.06. The van der Waals surface area contributed by atoms with Gasteiger partial charge in [0.15, 0.2) is 0 Å². The van der Waals surface area contributed by atoms with Gasteiger partial charge in [-0.2, -0.15) is 0 Å². The number of hydrogen-bond acceptors (Lipinski definition) is 3. The molecule has 2 unspecified atom stereocenters. The molecular formula is C16H25NO2. The first-order chi connectivity index (χ1) is 9.09. The molecule has 2 N–H and O–H groups in total. The monoisotopic (exact) mass is 263 g/mol. The summed E-state index contributed by atoms with van der Waals surface area (Å²) in [5, 5.41) is 0. The van der Waals surface area contributed by atoms with Gasteiger partial charge in [-0.3, -0.25) is 0 Å². The fourth-order valence-electron chi connectivity index (χ4n) is 2.25. The van der Waals surface area contributed by atoms with Crippen LogP contribution in [-0.2, 0) is 4.74 Å². The molecule has 106 valence electrons. The summed E-state index contributed by atoms with van der Waals surface area (Å²) in [6, 6.07) is 7.97. The summed E-state index contributed by atoms with van der Waals surface area (Å²) in [4.78, 5) is 0. The fourth-order valence-corrected chi connectivity index (χ4v) is 2.25. The molecule has 1 saturated carbocycles. The minimum Gasteiger partial charge on any atom is -0.490 e. The lowest BCUT2D eigenvalue weighted by Crippen LogP contribution is -2.40. The SMILES string of the molecule is CCOC(C)(CC)C(N)c1cccc(OC2CC2)c1. The third-order valence-corrected chi connectivity index (χ3v) is 3.88. The van der Waals surface area contributed by atoms with Crippen molar-refractivity contribution < 1.29 is 9.47 Å². The minimum absolute atomic E-state index is 0.139. The van der Waals surface area contributed by atoms with Gasteiger partial charge in [-0.1, -0.05) is 19.1 Å². The van der Waals surface area contributed by atoms with Crippen LogP contribution in [0.4, 0.5) is 0 Å². The van der Waals surface area contributed by atoms with E-state index in [1.165, 1.54) is 12.8 Å². The number of rotatable bonds is 7. The topological polar surface area (TPSA) is 44.5 Å². The Morgan fingerprint density at radius 2 is 2.11 bits per heavy atom. The van der Waals surface area contributed by atoms with E-state index < -0.39 is 0 Å². The van der Waals surface area contributed by atoms with Crippen LogP contribution in [0.5, 0.6) is 5.75 Å². The number of hydrogen-bond donors (Lipinski definition) is 1. The lowest BCUT2D eigenvalue weighted by molar-refractivity contribution is -0.0472. The Morgan fingerprint density at radius 3 is 2.68 bits per heavy atom. The van der Waals surface area contributed by atoms with Crippen LogP contribution in [0.15, 0.2) is 24.3 Å². The van der Waals surface area contributed by atoms with Gasteiger partial charge >= 0.3 is 0 Å². The molecule has 0 bridgehead atoms. The Balaban J connectivity index is 2.14. The molecule has 0 saturated heterocycles. The van der Waals surface area contributed by atoms with Crippen LogP contribution in [0, 0.1) is 0 Å². The largest absolute Gasteiger partial charge is 0.490 e. The van der Waals surface area contributed by atoms with Crippen LogP contribution >= 0.6 is 0 Å². The van der Waals surface area contributed by atoms with Gasteiger partial charge in [0.1, 0.15) is 5.75 Å². The molecule has 19 heavy (non-hydrogen) atoms. The maximum atomic E-state index is 6.40. The first-order valence-electron chi connectivity index (χ1n) is 7.25. The molecule has 3 heteroatoms. The van der Waals surface area contributed by atoms with Crippen LogP contribution in [0.25, 0.3) is 0 Å². The molecule has 3 nitrogen and oxygen atoms in total. The van der Waals surface area contributed by atoms with E-state index in [9.17, 15) is 0 Å². The smallest absolute Gasteiger partial charge is 0.120 e. The predicted molar refractivity (Wildman–Crippen MR) is 77.3 cm³/mol. The van der Waals surface area contributed by atoms with Crippen molar-refractivity contribution in [3.8, 4) is 5.75 Å². The van der Waals surface area contributed by atoms with Crippen molar-refractivity contribution in [2.75, 3.05) is 6.61 Å². The first kappa shape index (κ1) is 14.4. The zero-order valence-corrected chi connectivity index (χ0v) is 12.2. The fraction of sp³-hybridized carbons (Fsp3) is 0.625. The van der Waals surface area contributed by atoms with Gasteiger partial charge in [0.25, 0.3) is 0 Å². The van der Waals surface area contributed by atoms with E-state index in [0.717, 1.165) is 17.7 Å². The second kappa shape index (κ2) is 5.93. The second-order valence-corrected chi connectivity index (χ2v) is 5.47. The first-order valence-corrected chi connectivity index (χ1v) is 7.25. The summed E-state index contributed by atoms with van der Waals surface area (Å²) in [6.45, 7) is 6.87. The molecule has 2 rings (SSSR count). The molecule has 1 aliphatic rings. The van der Waals surface area contributed by atoms with Gasteiger partial charge in [0.2, 0.25) is 0 Å². The van der Waals surface area contributed by atoms with Gasteiger partial charge in [-0.25, -0.2) is 0 Å². The van der Waals surface area contributed by atoms with Crippen molar-refractivity contribution in [2.24, 2.45) is 5.73 Å². The van der Waals surface area contributed by atoms with Gasteiger partial charge < -0.3 is 15.2 Å². The molecule has 1 fully saturated rings. The maximum absolute atomic E-state index is 6.40. The molecule has 0 radical (unpaired) electrons.